The van der Waals surface area contributed by atoms with Crippen LogP contribution in [0.3, 0.4) is 0 Å². The molecule has 1 aliphatic carbocycles. The molecule has 0 radical (unpaired) electrons. The topological polar surface area (TPSA) is 16.6 Å². The summed E-state index contributed by atoms with van der Waals surface area (Å²) in [7, 11) is 3.97. The molecule has 0 aromatic rings. The summed E-state index contributed by atoms with van der Waals surface area (Å²) in [5, 5.41) is 2.16. The van der Waals surface area contributed by atoms with Gasteiger partial charge >= 0.3 is 0 Å². The average molecular weight is 235 g/mol. The zero-order valence-corrected chi connectivity index (χ0v) is 12.1. The summed E-state index contributed by atoms with van der Waals surface area (Å²) in [6.07, 6.45) is 11.1. The number of hydrogen-bond acceptors (Lipinski definition) is 0. The zero-order valence-electron chi connectivity index (χ0n) is 12.1. The highest BCUT2D eigenvalue weighted by atomic mass is 14.9. The van der Waals surface area contributed by atoms with E-state index in [-0.39, 0.29) is 0 Å². The summed E-state index contributed by atoms with van der Waals surface area (Å²) in [6, 6.07) is 0. The Bertz CT molecular complexity index is 287. The highest BCUT2D eigenvalue weighted by molar-refractivity contribution is 5.09. The maximum atomic E-state index is 3.97. The van der Waals surface area contributed by atoms with E-state index in [0.29, 0.717) is 5.54 Å². The third-order valence-corrected chi connectivity index (χ3v) is 4.23. The quantitative estimate of drug-likeness (QED) is 0.566. The van der Waals surface area contributed by atoms with Gasteiger partial charge in [-0.25, -0.2) is 0 Å². The fraction of sp³-hybridized carbons (Fsp3) is 0.688. The summed E-state index contributed by atoms with van der Waals surface area (Å²) < 4.78 is 0. The van der Waals surface area contributed by atoms with Crippen LogP contribution in [0.15, 0.2) is 23.3 Å². The van der Waals surface area contributed by atoms with E-state index in [1.165, 1.54) is 31.3 Å². The number of nitrogens with two attached hydrogens (primary N) is 1. The zero-order chi connectivity index (χ0) is 12.9. The minimum absolute atomic E-state index is 0.399. The molecule has 0 amide bonds. The Balaban J connectivity index is 2.45. The van der Waals surface area contributed by atoms with Crippen molar-refractivity contribution < 1.29 is 5.32 Å². The summed E-state index contributed by atoms with van der Waals surface area (Å²) >= 11 is 0. The van der Waals surface area contributed by atoms with Crippen LogP contribution in [0.2, 0.25) is 0 Å². The lowest BCUT2D eigenvalue weighted by Crippen LogP contribution is -2.91. The molecule has 0 aromatic heterocycles. The molecule has 0 heterocycles. The third-order valence-electron chi connectivity index (χ3n) is 4.23. The average Bonchev–Trinajstić information content (AvgIpc) is 2.29. The number of rotatable bonds is 4. The van der Waals surface area contributed by atoms with Crippen LogP contribution in [0.4, 0.5) is 0 Å². The van der Waals surface area contributed by atoms with Crippen molar-refractivity contribution in [3.8, 4) is 0 Å². The van der Waals surface area contributed by atoms with Gasteiger partial charge in [0.1, 0.15) is 0 Å². The van der Waals surface area contributed by atoms with Crippen molar-refractivity contribution in [2.24, 2.45) is 5.92 Å². The van der Waals surface area contributed by atoms with E-state index >= 15 is 0 Å². The fourth-order valence-electron chi connectivity index (χ4n) is 2.58. The minimum Gasteiger partial charge on any atom is -0.474 e. The van der Waals surface area contributed by atoms with Crippen molar-refractivity contribution >= 4 is 0 Å². The summed E-state index contributed by atoms with van der Waals surface area (Å²) in [4.78, 5) is 0. The van der Waals surface area contributed by atoms with E-state index < -0.39 is 0 Å². The Hall–Kier alpha value is -0.560. The second-order valence-corrected chi connectivity index (χ2v) is 6.10. The van der Waals surface area contributed by atoms with E-state index in [0.717, 1.165) is 12.3 Å². The van der Waals surface area contributed by atoms with E-state index in [9.17, 15) is 0 Å². The monoisotopic (exact) mass is 235 g/mol. The molecule has 1 aliphatic rings. The first-order chi connectivity index (χ1) is 7.97. The van der Waals surface area contributed by atoms with Crippen LogP contribution in [-0.4, -0.2) is 5.54 Å². The standard InChI is InChI=1S/C16H29N/c1-13(2)7-6-8-14(3)15-9-11-16(4,17-5)12-10-15/h7-8,15H,5-6,9-12,17H2,1-4H3. The van der Waals surface area contributed by atoms with Gasteiger partial charge < -0.3 is 5.32 Å². The highest BCUT2D eigenvalue weighted by Gasteiger charge is 2.31. The van der Waals surface area contributed by atoms with Crippen molar-refractivity contribution in [2.75, 3.05) is 0 Å². The van der Waals surface area contributed by atoms with Crippen molar-refractivity contribution in [3.05, 3.63) is 30.3 Å². The maximum Gasteiger partial charge on any atom is 0.0695 e. The molecule has 0 atom stereocenters. The van der Waals surface area contributed by atoms with Crippen molar-refractivity contribution in [2.45, 2.75) is 65.3 Å². The Labute approximate surface area is 107 Å². The molecular formula is C16H29N. The van der Waals surface area contributed by atoms with Gasteiger partial charge in [-0.05, 0) is 52.9 Å². The van der Waals surface area contributed by atoms with Crippen molar-refractivity contribution in [3.63, 3.8) is 0 Å². The van der Waals surface area contributed by atoms with Gasteiger partial charge in [0, 0.05) is 12.8 Å². The molecule has 1 rings (SSSR count). The SMILES string of the molecule is [CH2-][NH2+]C1(C)CCC(C(C)=CCC=C(C)C)CC1. The minimum atomic E-state index is 0.399. The lowest BCUT2D eigenvalue weighted by atomic mass is 9.75. The Morgan fingerprint density at radius 3 is 2.29 bits per heavy atom. The van der Waals surface area contributed by atoms with Gasteiger partial charge in [-0.3, -0.25) is 0 Å². The molecule has 0 aliphatic heterocycles. The normalized spacial score (nSPS) is 30.2. The number of allylic oxidation sites excluding steroid dienone is 4. The number of hydrogen-bond donors (Lipinski definition) is 1. The molecule has 0 aromatic carbocycles. The third kappa shape index (κ3) is 4.67. The van der Waals surface area contributed by atoms with E-state index in [1.54, 1.807) is 5.57 Å². The van der Waals surface area contributed by atoms with Gasteiger partial charge in [-0.2, -0.15) is 7.05 Å². The first kappa shape index (κ1) is 14.5. The molecule has 1 fully saturated rings. The first-order valence-corrected chi connectivity index (χ1v) is 6.90. The van der Waals surface area contributed by atoms with Crippen LogP contribution in [0, 0.1) is 13.0 Å². The van der Waals surface area contributed by atoms with Crippen molar-refractivity contribution in [1.82, 2.24) is 0 Å². The molecule has 98 valence electrons. The van der Waals surface area contributed by atoms with Crippen LogP contribution in [0.1, 0.15) is 59.8 Å². The van der Waals surface area contributed by atoms with E-state index in [4.69, 9.17) is 0 Å². The van der Waals surface area contributed by atoms with E-state index in [1.807, 2.05) is 0 Å². The van der Waals surface area contributed by atoms with Crippen LogP contribution < -0.4 is 5.32 Å². The molecule has 1 saturated carbocycles. The largest absolute Gasteiger partial charge is 0.474 e. The predicted molar refractivity (Wildman–Crippen MR) is 75.5 cm³/mol. The van der Waals surface area contributed by atoms with Crippen molar-refractivity contribution in [1.29, 1.82) is 0 Å². The lowest BCUT2D eigenvalue weighted by molar-refractivity contribution is -0.676. The number of quaternary nitrogens is 1. The van der Waals surface area contributed by atoms with Gasteiger partial charge in [0.2, 0.25) is 0 Å². The Morgan fingerprint density at radius 2 is 1.82 bits per heavy atom. The highest BCUT2D eigenvalue weighted by Crippen LogP contribution is 2.33. The van der Waals surface area contributed by atoms with Crippen LogP contribution in [0.25, 0.3) is 0 Å². The molecule has 0 saturated heterocycles. The maximum absolute atomic E-state index is 3.97. The molecule has 2 N–H and O–H groups in total. The van der Waals surface area contributed by atoms with E-state index in [2.05, 4.69) is 52.2 Å². The smallest absolute Gasteiger partial charge is 0.0695 e. The molecule has 1 nitrogen and oxygen atoms in total. The second-order valence-electron chi connectivity index (χ2n) is 6.10. The Morgan fingerprint density at radius 1 is 1.24 bits per heavy atom. The molecule has 0 spiro atoms. The van der Waals surface area contributed by atoms with Gasteiger partial charge in [-0.1, -0.05) is 23.3 Å². The Kier molecular flexibility index (Phi) is 5.45. The summed E-state index contributed by atoms with van der Waals surface area (Å²) in [5.41, 5.74) is 3.40. The molecule has 0 unspecified atom stereocenters. The first-order valence-electron chi connectivity index (χ1n) is 6.90. The molecule has 1 heteroatoms. The van der Waals surface area contributed by atoms with Gasteiger partial charge in [0.15, 0.2) is 0 Å². The second kappa shape index (κ2) is 6.39. The van der Waals surface area contributed by atoms with Gasteiger partial charge in [-0.15, -0.1) is 0 Å². The lowest BCUT2D eigenvalue weighted by Gasteiger charge is -2.37. The predicted octanol–water partition coefficient (Wildman–Crippen LogP) is 3.59. The fourth-order valence-corrected chi connectivity index (χ4v) is 2.58. The molecular weight excluding hydrogens is 206 g/mol. The van der Waals surface area contributed by atoms with Crippen LogP contribution >= 0.6 is 0 Å². The van der Waals surface area contributed by atoms with Gasteiger partial charge in [0.05, 0.1) is 5.54 Å². The molecule has 0 bridgehead atoms. The van der Waals surface area contributed by atoms with Gasteiger partial charge in [0.25, 0.3) is 0 Å². The van der Waals surface area contributed by atoms with Crippen LogP contribution in [0.5, 0.6) is 0 Å². The summed E-state index contributed by atoms with van der Waals surface area (Å²) in [6.45, 7) is 8.98. The molecule has 17 heavy (non-hydrogen) atoms. The summed E-state index contributed by atoms with van der Waals surface area (Å²) in [5.74, 6) is 0.814. The van der Waals surface area contributed by atoms with Crippen LogP contribution in [-0.2, 0) is 0 Å².